The van der Waals surface area contributed by atoms with Crippen LogP contribution in [0.4, 0.5) is 17.2 Å². The maximum Gasteiger partial charge on any atom is 0.254 e. The van der Waals surface area contributed by atoms with Gasteiger partial charge in [0.1, 0.15) is 5.82 Å². The predicted molar refractivity (Wildman–Crippen MR) is 116 cm³/mol. The summed E-state index contributed by atoms with van der Waals surface area (Å²) >= 11 is 8.07. The molecule has 0 atom stereocenters. The molecule has 1 fully saturated rings. The third-order valence-electron chi connectivity index (χ3n) is 4.36. The summed E-state index contributed by atoms with van der Waals surface area (Å²) < 4.78 is 5.06. The Morgan fingerprint density at radius 3 is 2.42 bits per heavy atom. The highest BCUT2D eigenvalue weighted by Gasteiger charge is 2.19. The van der Waals surface area contributed by atoms with Gasteiger partial charge in [-0.25, -0.2) is 0 Å². The molecule has 0 unspecified atom stereocenters. The lowest BCUT2D eigenvalue weighted by Crippen LogP contribution is -2.23. The molecule has 0 aliphatic heterocycles. The van der Waals surface area contributed by atoms with Crippen molar-refractivity contribution in [1.29, 1.82) is 0 Å². The van der Waals surface area contributed by atoms with E-state index in [0.717, 1.165) is 28.3 Å². The molecule has 1 aliphatic rings. The zero-order valence-electron chi connectivity index (χ0n) is 16.1. The smallest absolute Gasteiger partial charge is 0.254 e. The fourth-order valence-corrected chi connectivity index (χ4v) is 3.91. The number of pyridine rings is 1. The predicted octanol–water partition coefficient (Wildman–Crippen LogP) is 6.04. The van der Waals surface area contributed by atoms with Crippen molar-refractivity contribution >= 4 is 40.7 Å². The highest BCUT2D eigenvalue weighted by atomic mass is 35.5. The van der Waals surface area contributed by atoms with Crippen LogP contribution >= 0.6 is 23.5 Å². The minimum absolute atomic E-state index is 0.0140. The van der Waals surface area contributed by atoms with E-state index in [2.05, 4.69) is 10.0 Å². The van der Waals surface area contributed by atoms with Gasteiger partial charge in [-0.05, 0) is 62.4 Å². The van der Waals surface area contributed by atoms with Crippen LogP contribution in [0.15, 0.2) is 29.1 Å². The Morgan fingerprint density at radius 2 is 1.85 bits per heavy atom. The van der Waals surface area contributed by atoms with Crippen molar-refractivity contribution < 1.29 is 0 Å². The van der Waals surface area contributed by atoms with Crippen molar-refractivity contribution in [2.75, 3.05) is 10.0 Å². The van der Waals surface area contributed by atoms with E-state index in [0.29, 0.717) is 10.3 Å². The Hall–Kier alpha value is -1.59. The van der Waals surface area contributed by atoms with Crippen LogP contribution < -0.4 is 15.6 Å². The third kappa shape index (κ3) is 4.77. The molecule has 0 radical (unpaired) electrons. The maximum atomic E-state index is 12.3. The van der Waals surface area contributed by atoms with Crippen LogP contribution in [-0.2, 0) is 7.05 Å². The number of halogens is 1. The molecule has 26 heavy (non-hydrogen) atoms. The molecule has 3 rings (SSSR count). The fourth-order valence-electron chi connectivity index (χ4n) is 2.61. The van der Waals surface area contributed by atoms with Crippen LogP contribution in [0.25, 0.3) is 0 Å². The van der Waals surface area contributed by atoms with Crippen molar-refractivity contribution in [3.05, 3.63) is 50.8 Å². The lowest BCUT2D eigenvalue weighted by atomic mass is 10.0. The molecular formula is C20H28ClN3OS. The number of anilines is 3. The van der Waals surface area contributed by atoms with Gasteiger partial charge in [-0.15, -0.1) is 0 Å². The topological polar surface area (TPSA) is 46.1 Å². The summed E-state index contributed by atoms with van der Waals surface area (Å²) in [4.78, 5) is 12.3. The van der Waals surface area contributed by atoms with E-state index in [1.54, 1.807) is 23.6 Å². The van der Waals surface area contributed by atoms with Gasteiger partial charge in [-0.2, -0.15) is 0 Å². The first kappa shape index (κ1) is 20.7. The minimum atomic E-state index is -0.0140. The molecule has 0 amide bonds. The standard InChI is InChI=1S/C18H22ClN3OS.C2H6/c1-11-7-8-15(14(19)9-11)20-17-16(21-24-13-5-4-6-13)10-12(2)18(23)22(17)3;1-2/h7-10,13,20-21H,4-6H2,1-3H3;1-2H3. The molecule has 2 N–H and O–H groups in total. The first-order valence-corrected chi connectivity index (χ1v) is 10.4. The van der Waals surface area contributed by atoms with Gasteiger partial charge >= 0.3 is 0 Å². The Kier molecular flexibility index (Phi) is 7.47. The van der Waals surface area contributed by atoms with Gasteiger partial charge in [0.25, 0.3) is 5.56 Å². The molecule has 1 aromatic carbocycles. The molecule has 4 nitrogen and oxygen atoms in total. The average Bonchev–Trinajstić information content (AvgIpc) is 2.58. The first-order chi connectivity index (χ1) is 12.5. The van der Waals surface area contributed by atoms with Crippen LogP contribution in [0.2, 0.25) is 5.02 Å². The molecule has 1 aliphatic carbocycles. The number of aromatic nitrogens is 1. The SMILES string of the molecule is CC.Cc1ccc(Nc2c(NSC3CCC3)cc(C)c(=O)n2C)c(Cl)c1. The Labute approximate surface area is 165 Å². The van der Waals surface area contributed by atoms with Crippen LogP contribution in [0.5, 0.6) is 0 Å². The van der Waals surface area contributed by atoms with Crippen molar-refractivity contribution in [3.8, 4) is 0 Å². The quantitative estimate of drug-likeness (QED) is 0.608. The van der Waals surface area contributed by atoms with E-state index in [4.69, 9.17) is 11.6 Å². The Bertz CT molecular complexity index is 815. The number of hydrogen-bond acceptors (Lipinski definition) is 4. The average molecular weight is 394 g/mol. The normalized spacial score (nSPS) is 13.5. The lowest BCUT2D eigenvalue weighted by Gasteiger charge is -2.26. The molecular weight excluding hydrogens is 366 g/mol. The Balaban J connectivity index is 0.00000117. The van der Waals surface area contributed by atoms with Crippen molar-refractivity contribution in [3.63, 3.8) is 0 Å². The highest BCUT2D eigenvalue weighted by Crippen LogP contribution is 2.35. The van der Waals surface area contributed by atoms with Crippen LogP contribution in [-0.4, -0.2) is 9.82 Å². The van der Waals surface area contributed by atoms with Gasteiger partial charge in [-0.1, -0.05) is 37.9 Å². The molecule has 1 aromatic heterocycles. The monoisotopic (exact) mass is 393 g/mol. The minimum Gasteiger partial charge on any atom is -0.339 e. The number of nitrogens with one attached hydrogen (secondary N) is 2. The fraction of sp³-hybridized carbons (Fsp3) is 0.450. The number of rotatable bonds is 5. The van der Waals surface area contributed by atoms with Gasteiger partial charge in [0.15, 0.2) is 0 Å². The van der Waals surface area contributed by atoms with Crippen LogP contribution in [0, 0.1) is 13.8 Å². The van der Waals surface area contributed by atoms with E-state index < -0.39 is 0 Å². The summed E-state index contributed by atoms with van der Waals surface area (Å²) in [5.41, 5.74) is 3.50. The van der Waals surface area contributed by atoms with E-state index in [9.17, 15) is 4.79 Å². The second-order valence-corrected chi connectivity index (χ2v) is 7.85. The Morgan fingerprint density at radius 1 is 1.15 bits per heavy atom. The molecule has 142 valence electrons. The summed E-state index contributed by atoms with van der Waals surface area (Å²) in [7, 11) is 1.78. The van der Waals surface area contributed by atoms with Gasteiger partial charge in [0.2, 0.25) is 0 Å². The number of hydrogen-bond donors (Lipinski definition) is 2. The zero-order chi connectivity index (χ0) is 19.3. The summed E-state index contributed by atoms with van der Waals surface area (Å²) in [6.07, 6.45) is 3.79. The number of nitrogens with zero attached hydrogens (tertiary/aromatic N) is 1. The first-order valence-electron chi connectivity index (χ1n) is 9.11. The molecule has 1 saturated carbocycles. The summed E-state index contributed by atoms with van der Waals surface area (Å²) in [6, 6.07) is 7.74. The zero-order valence-corrected chi connectivity index (χ0v) is 17.7. The summed E-state index contributed by atoms with van der Waals surface area (Å²) in [6.45, 7) is 7.84. The molecule has 6 heteroatoms. The lowest BCUT2D eigenvalue weighted by molar-refractivity contribution is 0.523. The second-order valence-electron chi connectivity index (χ2n) is 6.33. The van der Waals surface area contributed by atoms with Gasteiger partial charge in [-0.3, -0.25) is 9.36 Å². The van der Waals surface area contributed by atoms with Gasteiger partial charge in [0, 0.05) is 17.9 Å². The molecule has 2 aromatic rings. The van der Waals surface area contributed by atoms with Crippen molar-refractivity contribution in [1.82, 2.24) is 4.57 Å². The van der Waals surface area contributed by atoms with E-state index >= 15 is 0 Å². The van der Waals surface area contributed by atoms with E-state index in [1.807, 2.05) is 52.0 Å². The second kappa shape index (κ2) is 9.38. The largest absolute Gasteiger partial charge is 0.339 e. The summed E-state index contributed by atoms with van der Waals surface area (Å²) in [5.74, 6) is 0.725. The van der Waals surface area contributed by atoms with E-state index in [-0.39, 0.29) is 5.56 Å². The maximum absolute atomic E-state index is 12.3. The number of aryl methyl sites for hydroxylation is 2. The van der Waals surface area contributed by atoms with E-state index in [1.165, 1.54) is 19.3 Å². The molecule has 0 bridgehead atoms. The van der Waals surface area contributed by atoms with Crippen molar-refractivity contribution in [2.24, 2.45) is 7.05 Å². The van der Waals surface area contributed by atoms with Gasteiger partial charge < -0.3 is 10.0 Å². The molecule has 0 spiro atoms. The molecule has 1 heterocycles. The highest BCUT2D eigenvalue weighted by molar-refractivity contribution is 8.01. The van der Waals surface area contributed by atoms with Gasteiger partial charge in [0.05, 0.1) is 16.4 Å². The summed E-state index contributed by atoms with van der Waals surface area (Å²) in [5, 5.41) is 4.61. The molecule has 0 saturated heterocycles. The van der Waals surface area contributed by atoms with Crippen LogP contribution in [0.1, 0.15) is 44.2 Å². The van der Waals surface area contributed by atoms with Crippen LogP contribution in [0.3, 0.4) is 0 Å². The number of benzene rings is 1. The van der Waals surface area contributed by atoms with Crippen molar-refractivity contribution in [2.45, 2.75) is 52.2 Å². The third-order valence-corrected chi connectivity index (χ3v) is 5.81.